The molecular weight excluding hydrogens is 248 g/mol. The van der Waals surface area contributed by atoms with E-state index < -0.39 is 0 Å². The minimum atomic E-state index is 0.0174. The molecule has 0 radical (unpaired) electrons. The van der Waals surface area contributed by atoms with E-state index in [4.69, 9.17) is 0 Å². The molecular formula is C17H12N2O. The number of nitrogens with zero attached hydrogens (tertiary/aromatic N) is 1. The van der Waals surface area contributed by atoms with Crippen molar-refractivity contribution in [2.45, 2.75) is 6.54 Å². The first-order valence-electron chi connectivity index (χ1n) is 6.57. The van der Waals surface area contributed by atoms with Gasteiger partial charge in [0.15, 0.2) is 0 Å². The highest BCUT2D eigenvalue weighted by molar-refractivity contribution is 6.01. The number of carbonyl (C=O) groups is 1. The van der Waals surface area contributed by atoms with Crippen LogP contribution in [0.4, 0.5) is 0 Å². The van der Waals surface area contributed by atoms with Crippen molar-refractivity contribution in [3.63, 3.8) is 0 Å². The van der Waals surface area contributed by atoms with Gasteiger partial charge in [0, 0.05) is 29.9 Å². The van der Waals surface area contributed by atoms with Gasteiger partial charge in [-0.15, -0.1) is 0 Å². The van der Waals surface area contributed by atoms with Gasteiger partial charge in [0.1, 0.15) is 0 Å². The molecule has 3 nitrogen and oxygen atoms in total. The number of hydrogen-bond acceptors (Lipinski definition) is 2. The smallest absolute Gasteiger partial charge is 0.251 e. The topological polar surface area (TPSA) is 42.0 Å². The largest absolute Gasteiger partial charge is 0.348 e. The van der Waals surface area contributed by atoms with Gasteiger partial charge in [-0.3, -0.25) is 9.78 Å². The number of hydrogen-bond donors (Lipinski definition) is 1. The maximum Gasteiger partial charge on any atom is 0.251 e. The molecule has 0 unspecified atom stereocenters. The molecule has 0 saturated heterocycles. The Morgan fingerprint density at radius 1 is 1.05 bits per heavy atom. The van der Waals surface area contributed by atoms with Crippen LogP contribution in [0.5, 0.6) is 0 Å². The van der Waals surface area contributed by atoms with E-state index in [2.05, 4.69) is 22.4 Å². The molecule has 0 fully saturated rings. The van der Waals surface area contributed by atoms with E-state index in [1.54, 1.807) is 6.20 Å². The van der Waals surface area contributed by atoms with Crippen LogP contribution in [0.1, 0.15) is 15.9 Å². The highest BCUT2D eigenvalue weighted by Crippen LogP contribution is 2.30. The molecule has 3 heteroatoms. The van der Waals surface area contributed by atoms with Gasteiger partial charge in [0.05, 0.1) is 0 Å². The predicted molar refractivity (Wildman–Crippen MR) is 78.3 cm³/mol. The molecule has 0 spiro atoms. The van der Waals surface area contributed by atoms with Crippen LogP contribution < -0.4 is 5.32 Å². The molecule has 3 aromatic rings. The zero-order valence-corrected chi connectivity index (χ0v) is 10.8. The van der Waals surface area contributed by atoms with Gasteiger partial charge in [0.25, 0.3) is 5.91 Å². The number of aromatic nitrogens is 1. The van der Waals surface area contributed by atoms with Crippen molar-refractivity contribution in [2.24, 2.45) is 0 Å². The van der Waals surface area contributed by atoms with Gasteiger partial charge in [-0.2, -0.15) is 0 Å². The number of rotatable bonds is 1. The molecule has 0 atom stereocenters. The molecule has 2 aromatic carbocycles. The normalized spacial score (nSPS) is 13.3. The summed E-state index contributed by atoms with van der Waals surface area (Å²) >= 11 is 0. The minimum absolute atomic E-state index is 0.0174. The maximum absolute atomic E-state index is 11.8. The van der Waals surface area contributed by atoms with Crippen molar-refractivity contribution in [1.29, 1.82) is 0 Å². The zero-order chi connectivity index (χ0) is 13.5. The second-order valence-corrected chi connectivity index (χ2v) is 4.96. The average molecular weight is 260 g/mol. The summed E-state index contributed by atoms with van der Waals surface area (Å²) in [4.78, 5) is 15.9. The van der Waals surface area contributed by atoms with E-state index in [1.165, 1.54) is 0 Å². The molecule has 96 valence electrons. The lowest BCUT2D eigenvalue weighted by atomic mass is 9.96. The summed E-state index contributed by atoms with van der Waals surface area (Å²) in [5.74, 6) is 0.0174. The Balaban J connectivity index is 1.96. The van der Waals surface area contributed by atoms with Crippen LogP contribution in [0.25, 0.3) is 21.9 Å². The number of amides is 1. The molecule has 20 heavy (non-hydrogen) atoms. The lowest BCUT2D eigenvalue weighted by Crippen LogP contribution is -2.12. The number of fused-ring (bicyclic) bond motifs is 2. The van der Waals surface area contributed by atoms with E-state index in [-0.39, 0.29) is 5.91 Å². The third-order valence-electron chi connectivity index (χ3n) is 3.79. The van der Waals surface area contributed by atoms with Crippen LogP contribution in [-0.2, 0) is 6.54 Å². The van der Waals surface area contributed by atoms with Crippen LogP contribution in [-0.4, -0.2) is 10.9 Å². The average Bonchev–Trinajstić information content (AvgIpc) is 2.88. The highest BCUT2D eigenvalue weighted by atomic mass is 16.1. The molecule has 0 aliphatic carbocycles. The summed E-state index contributed by atoms with van der Waals surface area (Å²) in [6.07, 6.45) is 3.66. The van der Waals surface area contributed by atoms with E-state index in [9.17, 15) is 4.79 Å². The van der Waals surface area contributed by atoms with Gasteiger partial charge in [0.2, 0.25) is 0 Å². The number of carbonyl (C=O) groups excluding carboxylic acids is 1. The monoisotopic (exact) mass is 260 g/mol. The molecule has 1 amide bonds. The second kappa shape index (κ2) is 4.17. The van der Waals surface area contributed by atoms with Gasteiger partial charge in [-0.05, 0) is 34.2 Å². The lowest BCUT2D eigenvalue weighted by molar-refractivity contribution is 0.0966. The Hall–Kier alpha value is -2.68. The van der Waals surface area contributed by atoms with Crippen LogP contribution in [0.15, 0.2) is 54.9 Å². The van der Waals surface area contributed by atoms with Gasteiger partial charge < -0.3 is 5.32 Å². The van der Waals surface area contributed by atoms with Gasteiger partial charge in [-0.25, -0.2) is 0 Å². The Bertz CT molecular complexity index is 834. The van der Waals surface area contributed by atoms with Crippen molar-refractivity contribution < 1.29 is 4.79 Å². The first kappa shape index (κ1) is 11.2. The SMILES string of the molecule is O=C1NCc2ccc(-c3cccc4cnccc34)cc21. The third-order valence-corrected chi connectivity index (χ3v) is 3.79. The molecule has 1 aliphatic rings. The maximum atomic E-state index is 11.8. The summed E-state index contributed by atoms with van der Waals surface area (Å²) in [5.41, 5.74) is 4.05. The van der Waals surface area contributed by atoms with E-state index in [0.717, 1.165) is 33.0 Å². The van der Waals surface area contributed by atoms with Gasteiger partial charge in [-0.1, -0.05) is 30.3 Å². The standard InChI is InChI=1S/C17H12N2O/c20-17-16-8-11(4-5-13(16)10-19-17)14-3-1-2-12-9-18-7-6-15(12)14/h1-9H,10H2,(H,19,20). The Labute approximate surface area is 116 Å². The molecule has 1 aromatic heterocycles. The Morgan fingerprint density at radius 2 is 2.00 bits per heavy atom. The molecule has 1 N–H and O–H groups in total. The minimum Gasteiger partial charge on any atom is -0.348 e. The summed E-state index contributed by atoms with van der Waals surface area (Å²) in [6.45, 7) is 0.633. The third kappa shape index (κ3) is 1.60. The summed E-state index contributed by atoms with van der Waals surface area (Å²) in [5, 5.41) is 5.11. The molecule has 0 saturated carbocycles. The number of nitrogens with one attached hydrogen (secondary N) is 1. The fourth-order valence-corrected chi connectivity index (χ4v) is 2.75. The molecule has 2 heterocycles. The summed E-state index contributed by atoms with van der Waals surface area (Å²) in [7, 11) is 0. The summed E-state index contributed by atoms with van der Waals surface area (Å²) < 4.78 is 0. The quantitative estimate of drug-likeness (QED) is 0.730. The molecule has 1 aliphatic heterocycles. The summed E-state index contributed by atoms with van der Waals surface area (Å²) in [6, 6.07) is 14.2. The fourth-order valence-electron chi connectivity index (χ4n) is 2.75. The lowest BCUT2D eigenvalue weighted by Gasteiger charge is -2.07. The Morgan fingerprint density at radius 3 is 2.95 bits per heavy atom. The first-order chi connectivity index (χ1) is 9.83. The fraction of sp³-hybridized carbons (Fsp3) is 0.0588. The molecule has 0 bridgehead atoms. The van der Waals surface area contributed by atoms with Crippen molar-refractivity contribution in [3.05, 3.63) is 66.0 Å². The first-order valence-corrected chi connectivity index (χ1v) is 6.57. The van der Waals surface area contributed by atoms with Crippen LogP contribution in [0, 0.1) is 0 Å². The van der Waals surface area contributed by atoms with Crippen molar-refractivity contribution in [2.75, 3.05) is 0 Å². The Kier molecular flexibility index (Phi) is 2.33. The van der Waals surface area contributed by atoms with Crippen molar-refractivity contribution in [1.82, 2.24) is 10.3 Å². The van der Waals surface area contributed by atoms with Crippen LogP contribution in [0.2, 0.25) is 0 Å². The number of benzene rings is 2. The zero-order valence-electron chi connectivity index (χ0n) is 10.8. The van der Waals surface area contributed by atoms with Crippen molar-refractivity contribution >= 4 is 16.7 Å². The van der Waals surface area contributed by atoms with E-state index in [1.807, 2.05) is 36.5 Å². The second-order valence-electron chi connectivity index (χ2n) is 4.96. The van der Waals surface area contributed by atoms with Gasteiger partial charge >= 0.3 is 0 Å². The van der Waals surface area contributed by atoms with Crippen LogP contribution in [0.3, 0.4) is 0 Å². The van der Waals surface area contributed by atoms with E-state index >= 15 is 0 Å². The van der Waals surface area contributed by atoms with E-state index in [0.29, 0.717) is 6.54 Å². The molecule has 4 rings (SSSR count). The highest BCUT2D eigenvalue weighted by Gasteiger charge is 2.19. The van der Waals surface area contributed by atoms with Crippen LogP contribution >= 0.6 is 0 Å². The number of pyridine rings is 1. The predicted octanol–water partition coefficient (Wildman–Crippen LogP) is 3.15. The van der Waals surface area contributed by atoms with Crippen molar-refractivity contribution in [3.8, 4) is 11.1 Å².